The van der Waals surface area contributed by atoms with Crippen LogP contribution in [0.25, 0.3) is 0 Å². The molecule has 3 heterocycles. The predicted molar refractivity (Wildman–Crippen MR) is 129 cm³/mol. The molecular formula is C22H29IN4O4. The zero-order valence-corrected chi connectivity index (χ0v) is 19.7. The fraction of sp³-hybridized carbons (Fsp3) is 0.455. The smallest absolute Gasteiger partial charge is 0.414 e. The van der Waals surface area contributed by atoms with Crippen LogP contribution in [0.1, 0.15) is 24.2 Å². The molecule has 2 saturated heterocycles. The van der Waals surface area contributed by atoms with Crippen molar-refractivity contribution in [2.24, 2.45) is 4.99 Å². The number of carbonyl (C=O) groups is 1. The number of cyclic esters (lactones) is 1. The second-order valence-corrected chi connectivity index (χ2v) is 7.37. The van der Waals surface area contributed by atoms with Gasteiger partial charge in [-0.05, 0) is 42.7 Å². The molecule has 4 rings (SSSR count). The van der Waals surface area contributed by atoms with Gasteiger partial charge in [0.2, 0.25) is 0 Å². The van der Waals surface area contributed by atoms with Crippen molar-refractivity contribution in [3.63, 3.8) is 0 Å². The molecule has 0 radical (unpaired) electrons. The Hall–Kier alpha value is -2.27. The van der Waals surface area contributed by atoms with E-state index in [1.54, 1.807) is 11.2 Å². The van der Waals surface area contributed by atoms with Crippen LogP contribution in [-0.4, -0.2) is 51.0 Å². The Kier molecular flexibility index (Phi) is 9.01. The lowest BCUT2D eigenvalue weighted by molar-refractivity contribution is 0.114. The normalized spacial score (nSPS) is 18.6. The van der Waals surface area contributed by atoms with Crippen LogP contribution < -0.4 is 15.5 Å². The number of hydrogen-bond donors (Lipinski definition) is 2. The van der Waals surface area contributed by atoms with Crippen LogP contribution >= 0.6 is 24.0 Å². The number of guanidine groups is 1. The van der Waals surface area contributed by atoms with Crippen LogP contribution in [0.15, 0.2) is 52.1 Å². The molecule has 0 spiro atoms. The number of nitrogens with zero attached hydrogens (tertiary/aromatic N) is 2. The van der Waals surface area contributed by atoms with E-state index in [2.05, 4.69) is 10.6 Å². The molecule has 1 amide bonds. The second kappa shape index (κ2) is 11.9. The molecule has 2 N–H and O–H groups in total. The molecule has 168 valence electrons. The van der Waals surface area contributed by atoms with Crippen molar-refractivity contribution in [3.8, 4) is 0 Å². The molecule has 9 heteroatoms. The van der Waals surface area contributed by atoms with Crippen molar-refractivity contribution < 1.29 is 18.7 Å². The summed E-state index contributed by atoms with van der Waals surface area (Å²) in [5, 5.41) is 6.76. The summed E-state index contributed by atoms with van der Waals surface area (Å²) in [4.78, 5) is 18.0. The number of carbonyl (C=O) groups excluding carboxylic acids is 1. The topological polar surface area (TPSA) is 88.3 Å². The van der Waals surface area contributed by atoms with E-state index in [1.807, 2.05) is 36.4 Å². The first-order valence-electron chi connectivity index (χ1n) is 10.5. The van der Waals surface area contributed by atoms with Gasteiger partial charge in [0.25, 0.3) is 0 Å². The summed E-state index contributed by atoms with van der Waals surface area (Å²) in [5.41, 5.74) is 1.91. The van der Waals surface area contributed by atoms with Gasteiger partial charge in [-0.2, -0.15) is 0 Å². The molecular weight excluding hydrogens is 511 g/mol. The fourth-order valence-electron chi connectivity index (χ4n) is 3.53. The lowest BCUT2D eigenvalue weighted by Gasteiger charge is -2.16. The van der Waals surface area contributed by atoms with Gasteiger partial charge in [0.1, 0.15) is 12.4 Å². The van der Waals surface area contributed by atoms with Gasteiger partial charge in [-0.3, -0.25) is 4.90 Å². The zero-order valence-electron chi connectivity index (χ0n) is 17.4. The largest absolute Gasteiger partial charge is 0.469 e. The standard InChI is InChI=1S/C22H28N4O4.HI/c27-22-26(11-14-30-22)18-7-5-17(6-8-18)15-24-21(25-16-20-4-2-13-29-20)23-10-9-19-3-1-12-28-19;/h1,3,5-8,12,20H,2,4,9-11,13-16H2,(H2,23,24,25);1H. The Morgan fingerprint density at radius 2 is 2.03 bits per heavy atom. The van der Waals surface area contributed by atoms with Gasteiger partial charge in [0.15, 0.2) is 5.96 Å². The number of benzene rings is 1. The maximum atomic E-state index is 11.7. The van der Waals surface area contributed by atoms with Crippen molar-refractivity contribution in [3.05, 3.63) is 54.0 Å². The molecule has 0 bridgehead atoms. The summed E-state index contributed by atoms with van der Waals surface area (Å²) in [6, 6.07) is 11.7. The minimum Gasteiger partial charge on any atom is -0.469 e. The minimum absolute atomic E-state index is 0. The summed E-state index contributed by atoms with van der Waals surface area (Å²) in [7, 11) is 0. The Morgan fingerprint density at radius 3 is 2.71 bits per heavy atom. The number of furan rings is 1. The average molecular weight is 540 g/mol. The summed E-state index contributed by atoms with van der Waals surface area (Å²) < 4.78 is 16.1. The van der Waals surface area contributed by atoms with E-state index in [9.17, 15) is 4.79 Å². The first-order chi connectivity index (χ1) is 14.8. The van der Waals surface area contributed by atoms with Crippen LogP contribution in [0.4, 0.5) is 10.5 Å². The SMILES string of the molecule is I.O=C1OCCN1c1ccc(CN=C(NCCc2ccco2)NCC2CCCO2)cc1. The highest BCUT2D eigenvalue weighted by Gasteiger charge is 2.23. The van der Waals surface area contributed by atoms with E-state index in [4.69, 9.17) is 18.9 Å². The number of amides is 1. The molecule has 1 aromatic carbocycles. The Balaban J connectivity index is 0.00000272. The number of hydrogen-bond acceptors (Lipinski definition) is 5. The molecule has 0 aliphatic carbocycles. The molecule has 8 nitrogen and oxygen atoms in total. The molecule has 0 saturated carbocycles. The predicted octanol–water partition coefficient (Wildman–Crippen LogP) is 3.31. The maximum absolute atomic E-state index is 11.7. The second-order valence-electron chi connectivity index (χ2n) is 7.37. The van der Waals surface area contributed by atoms with E-state index in [1.165, 1.54) is 0 Å². The molecule has 2 aliphatic rings. The Labute approximate surface area is 199 Å². The summed E-state index contributed by atoms with van der Waals surface area (Å²) in [5.74, 6) is 1.70. The van der Waals surface area contributed by atoms with Crippen LogP contribution in [0.3, 0.4) is 0 Å². The molecule has 2 fully saturated rings. The average Bonchev–Trinajstić information content (AvgIpc) is 3.53. The summed E-state index contributed by atoms with van der Waals surface area (Å²) in [6.45, 7) is 3.86. The first-order valence-corrected chi connectivity index (χ1v) is 10.5. The van der Waals surface area contributed by atoms with E-state index in [0.717, 1.165) is 61.9 Å². The third-order valence-electron chi connectivity index (χ3n) is 5.19. The van der Waals surface area contributed by atoms with Gasteiger partial charge >= 0.3 is 6.09 Å². The van der Waals surface area contributed by atoms with E-state index >= 15 is 0 Å². The zero-order chi connectivity index (χ0) is 20.6. The first kappa shape index (κ1) is 23.4. The van der Waals surface area contributed by atoms with Crippen molar-refractivity contribution in [1.82, 2.24) is 10.6 Å². The highest BCUT2D eigenvalue weighted by atomic mass is 127. The Bertz CT molecular complexity index is 836. The van der Waals surface area contributed by atoms with Gasteiger partial charge in [0, 0.05) is 31.8 Å². The third-order valence-corrected chi connectivity index (χ3v) is 5.19. The van der Waals surface area contributed by atoms with Crippen molar-refractivity contribution in [2.45, 2.75) is 31.9 Å². The number of anilines is 1. The molecule has 31 heavy (non-hydrogen) atoms. The number of nitrogens with one attached hydrogen (secondary N) is 2. The van der Waals surface area contributed by atoms with Crippen molar-refractivity contribution >= 4 is 41.7 Å². The number of ether oxygens (including phenoxy) is 2. The maximum Gasteiger partial charge on any atom is 0.414 e. The van der Waals surface area contributed by atoms with Gasteiger partial charge in [-0.15, -0.1) is 24.0 Å². The van der Waals surface area contributed by atoms with E-state index in [0.29, 0.717) is 19.7 Å². The highest BCUT2D eigenvalue weighted by Crippen LogP contribution is 2.19. The van der Waals surface area contributed by atoms with Gasteiger partial charge < -0.3 is 24.5 Å². The van der Waals surface area contributed by atoms with Crippen LogP contribution in [0.5, 0.6) is 0 Å². The number of rotatable bonds is 8. The third kappa shape index (κ3) is 6.86. The lowest BCUT2D eigenvalue weighted by Crippen LogP contribution is -2.41. The lowest BCUT2D eigenvalue weighted by atomic mass is 10.2. The molecule has 1 aromatic heterocycles. The summed E-state index contributed by atoms with van der Waals surface area (Å²) >= 11 is 0. The fourth-order valence-corrected chi connectivity index (χ4v) is 3.53. The molecule has 1 atom stereocenters. The molecule has 1 unspecified atom stereocenters. The Morgan fingerprint density at radius 1 is 1.16 bits per heavy atom. The number of halogens is 1. The van der Waals surface area contributed by atoms with Gasteiger partial charge in [-0.1, -0.05) is 12.1 Å². The van der Waals surface area contributed by atoms with Gasteiger partial charge in [-0.25, -0.2) is 9.79 Å². The van der Waals surface area contributed by atoms with Crippen LogP contribution in [-0.2, 0) is 22.4 Å². The summed E-state index contributed by atoms with van der Waals surface area (Å²) in [6.07, 6.45) is 4.61. The van der Waals surface area contributed by atoms with E-state index in [-0.39, 0.29) is 36.2 Å². The van der Waals surface area contributed by atoms with Crippen LogP contribution in [0.2, 0.25) is 0 Å². The molecule has 2 aliphatic heterocycles. The van der Waals surface area contributed by atoms with Crippen molar-refractivity contribution in [1.29, 1.82) is 0 Å². The van der Waals surface area contributed by atoms with Gasteiger partial charge in [0.05, 0.1) is 25.5 Å². The van der Waals surface area contributed by atoms with Crippen LogP contribution in [0, 0.1) is 0 Å². The highest BCUT2D eigenvalue weighted by molar-refractivity contribution is 14.0. The quantitative estimate of drug-likeness (QED) is 0.304. The monoisotopic (exact) mass is 540 g/mol. The number of aliphatic imine (C=N–C) groups is 1. The van der Waals surface area contributed by atoms with Crippen molar-refractivity contribution in [2.75, 3.05) is 37.7 Å². The van der Waals surface area contributed by atoms with E-state index < -0.39 is 0 Å². The minimum atomic E-state index is -0.290. The molecule has 2 aromatic rings.